The average molecular weight is 340 g/mol. The van der Waals surface area contributed by atoms with Gasteiger partial charge in [-0.25, -0.2) is 8.78 Å². The van der Waals surface area contributed by atoms with E-state index in [1.807, 2.05) is 13.0 Å². The third-order valence-electron chi connectivity index (χ3n) is 3.09. The SMILES string of the molecule is Cc1cccc(C(=O)Nc2c(F)cc(Br)cc2F)c1C. The molecule has 0 radical (unpaired) electrons. The van der Waals surface area contributed by atoms with Gasteiger partial charge in [0.1, 0.15) is 5.69 Å². The van der Waals surface area contributed by atoms with Crippen LogP contribution in [0.1, 0.15) is 21.5 Å². The van der Waals surface area contributed by atoms with Crippen LogP contribution < -0.4 is 5.32 Å². The molecule has 2 aromatic carbocycles. The summed E-state index contributed by atoms with van der Waals surface area (Å²) in [5.74, 6) is -2.18. The second kappa shape index (κ2) is 5.71. The van der Waals surface area contributed by atoms with Crippen LogP contribution in [0.5, 0.6) is 0 Å². The maximum atomic E-state index is 13.7. The number of nitrogens with one attached hydrogen (secondary N) is 1. The number of benzene rings is 2. The monoisotopic (exact) mass is 339 g/mol. The number of halogens is 3. The van der Waals surface area contributed by atoms with Gasteiger partial charge in [-0.3, -0.25) is 4.79 Å². The normalized spacial score (nSPS) is 10.4. The summed E-state index contributed by atoms with van der Waals surface area (Å²) in [4.78, 5) is 12.1. The van der Waals surface area contributed by atoms with E-state index in [-0.39, 0.29) is 4.47 Å². The molecule has 0 saturated carbocycles. The molecule has 1 N–H and O–H groups in total. The lowest BCUT2D eigenvalue weighted by Gasteiger charge is -2.11. The van der Waals surface area contributed by atoms with Crippen molar-refractivity contribution in [2.75, 3.05) is 5.32 Å². The van der Waals surface area contributed by atoms with Gasteiger partial charge in [0.05, 0.1) is 0 Å². The molecule has 0 aliphatic rings. The van der Waals surface area contributed by atoms with Gasteiger partial charge in [0, 0.05) is 10.0 Å². The van der Waals surface area contributed by atoms with Crippen molar-refractivity contribution in [1.29, 1.82) is 0 Å². The van der Waals surface area contributed by atoms with E-state index in [0.717, 1.165) is 23.3 Å². The van der Waals surface area contributed by atoms with Gasteiger partial charge in [-0.2, -0.15) is 0 Å². The lowest BCUT2D eigenvalue weighted by atomic mass is 10.0. The Kier molecular flexibility index (Phi) is 4.18. The average Bonchev–Trinajstić information content (AvgIpc) is 2.36. The van der Waals surface area contributed by atoms with Crippen LogP contribution in [0.15, 0.2) is 34.8 Å². The van der Waals surface area contributed by atoms with E-state index >= 15 is 0 Å². The summed E-state index contributed by atoms with van der Waals surface area (Å²) in [6, 6.07) is 7.41. The standard InChI is InChI=1S/C15H12BrF2NO/c1-8-4-3-5-11(9(8)2)15(20)19-14-12(17)6-10(16)7-13(14)18/h3-7H,1-2H3,(H,19,20). The highest BCUT2D eigenvalue weighted by atomic mass is 79.9. The molecule has 0 unspecified atom stereocenters. The molecule has 1 amide bonds. The molecule has 0 aliphatic heterocycles. The van der Waals surface area contributed by atoms with E-state index in [9.17, 15) is 13.6 Å². The van der Waals surface area contributed by atoms with Gasteiger partial charge in [-0.15, -0.1) is 0 Å². The summed E-state index contributed by atoms with van der Waals surface area (Å²) >= 11 is 2.99. The molecular weight excluding hydrogens is 328 g/mol. The molecule has 0 saturated heterocycles. The number of hydrogen-bond acceptors (Lipinski definition) is 1. The van der Waals surface area contributed by atoms with E-state index in [1.54, 1.807) is 19.1 Å². The Balaban J connectivity index is 2.36. The van der Waals surface area contributed by atoms with Crippen LogP contribution in [0.4, 0.5) is 14.5 Å². The first-order valence-electron chi connectivity index (χ1n) is 5.92. The van der Waals surface area contributed by atoms with Crippen molar-refractivity contribution in [2.45, 2.75) is 13.8 Å². The van der Waals surface area contributed by atoms with Gasteiger partial charge in [0.25, 0.3) is 5.91 Å². The van der Waals surface area contributed by atoms with Crippen LogP contribution in [0.25, 0.3) is 0 Å². The highest BCUT2D eigenvalue weighted by Crippen LogP contribution is 2.25. The maximum absolute atomic E-state index is 13.7. The molecule has 0 aliphatic carbocycles. The van der Waals surface area contributed by atoms with Crippen molar-refractivity contribution in [2.24, 2.45) is 0 Å². The van der Waals surface area contributed by atoms with Crippen molar-refractivity contribution in [1.82, 2.24) is 0 Å². The number of amides is 1. The first-order chi connectivity index (χ1) is 9.40. The Morgan fingerprint density at radius 2 is 1.75 bits per heavy atom. The summed E-state index contributed by atoms with van der Waals surface area (Å²) in [6.45, 7) is 3.66. The number of carbonyl (C=O) groups excluding carboxylic acids is 1. The largest absolute Gasteiger partial charge is 0.317 e. The molecule has 2 nitrogen and oxygen atoms in total. The predicted molar refractivity (Wildman–Crippen MR) is 77.9 cm³/mol. The first kappa shape index (κ1) is 14.7. The molecule has 0 bridgehead atoms. The van der Waals surface area contributed by atoms with Crippen molar-refractivity contribution >= 4 is 27.5 Å². The summed E-state index contributed by atoms with van der Waals surface area (Å²) in [5.41, 5.74) is 1.67. The van der Waals surface area contributed by atoms with Crippen LogP contribution in [0.3, 0.4) is 0 Å². The van der Waals surface area contributed by atoms with Gasteiger partial charge in [0.2, 0.25) is 0 Å². The zero-order valence-corrected chi connectivity index (χ0v) is 12.5. The van der Waals surface area contributed by atoms with Crippen LogP contribution in [-0.4, -0.2) is 5.91 Å². The number of aryl methyl sites for hydroxylation is 1. The third-order valence-corrected chi connectivity index (χ3v) is 3.55. The molecule has 2 rings (SSSR count). The number of hydrogen-bond donors (Lipinski definition) is 1. The fraction of sp³-hybridized carbons (Fsp3) is 0.133. The molecule has 104 valence electrons. The van der Waals surface area contributed by atoms with Gasteiger partial charge in [0.15, 0.2) is 11.6 Å². The zero-order valence-electron chi connectivity index (χ0n) is 10.9. The molecule has 0 heterocycles. The van der Waals surface area contributed by atoms with Gasteiger partial charge < -0.3 is 5.32 Å². The predicted octanol–water partition coefficient (Wildman–Crippen LogP) is 4.60. The van der Waals surface area contributed by atoms with Crippen molar-refractivity contribution < 1.29 is 13.6 Å². The lowest BCUT2D eigenvalue weighted by Crippen LogP contribution is -2.16. The molecule has 0 fully saturated rings. The topological polar surface area (TPSA) is 29.1 Å². The smallest absolute Gasteiger partial charge is 0.256 e. The minimum Gasteiger partial charge on any atom is -0.317 e. The molecule has 2 aromatic rings. The molecule has 5 heteroatoms. The minimum atomic E-state index is -0.824. The zero-order chi connectivity index (χ0) is 14.9. The van der Waals surface area contributed by atoms with Crippen LogP contribution in [-0.2, 0) is 0 Å². The fourth-order valence-electron chi connectivity index (χ4n) is 1.84. The summed E-state index contributed by atoms with van der Waals surface area (Å²) in [5, 5.41) is 2.28. The van der Waals surface area contributed by atoms with Crippen LogP contribution in [0, 0.1) is 25.5 Å². The molecule has 0 atom stereocenters. The molecular formula is C15H12BrF2NO. The highest BCUT2D eigenvalue weighted by Gasteiger charge is 2.16. The Labute approximate surface area is 123 Å². The van der Waals surface area contributed by atoms with Gasteiger partial charge in [-0.05, 0) is 43.2 Å². The Hall–Kier alpha value is -1.75. The van der Waals surface area contributed by atoms with Crippen LogP contribution >= 0.6 is 15.9 Å². The highest BCUT2D eigenvalue weighted by molar-refractivity contribution is 9.10. The molecule has 0 spiro atoms. The minimum absolute atomic E-state index is 0.275. The van der Waals surface area contributed by atoms with E-state index in [2.05, 4.69) is 21.2 Å². The summed E-state index contributed by atoms with van der Waals surface area (Å²) < 4.78 is 27.6. The number of carbonyl (C=O) groups is 1. The Bertz CT molecular complexity index is 663. The fourth-order valence-corrected chi connectivity index (χ4v) is 2.24. The third kappa shape index (κ3) is 2.88. The summed E-state index contributed by atoms with van der Waals surface area (Å²) in [7, 11) is 0. The second-order valence-corrected chi connectivity index (χ2v) is 5.36. The van der Waals surface area contributed by atoms with E-state index in [0.29, 0.717) is 5.56 Å². The molecule has 20 heavy (non-hydrogen) atoms. The number of rotatable bonds is 2. The summed E-state index contributed by atoms with van der Waals surface area (Å²) in [6.07, 6.45) is 0. The van der Waals surface area contributed by atoms with Gasteiger partial charge >= 0.3 is 0 Å². The van der Waals surface area contributed by atoms with Crippen LogP contribution in [0.2, 0.25) is 0 Å². The van der Waals surface area contributed by atoms with E-state index < -0.39 is 23.2 Å². The van der Waals surface area contributed by atoms with Crippen molar-refractivity contribution in [3.05, 3.63) is 63.1 Å². The first-order valence-corrected chi connectivity index (χ1v) is 6.71. The Morgan fingerprint density at radius 1 is 1.15 bits per heavy atom. The number of anilines is 1. The van der Waals surface area contributed by atoms with E-state index in [4.69, 9.17) is 0 Å². The molecule has 0 aromatic heterocycles. The lowest BCUT2D eigenvalue weighted by molar-refractivity contribution is 0.102. The van der Waals surface area contributed by atoms with Crippen molar-refractivity contribution in [3.8, 4) is 0 Å². The van der Waals surface area contributed by atoms with E-state index in [1.165, 1.54) is 0 Å². The maximum Gasteiger partial charge on any atom is 0.256 e. The van der Waals surface area contributed by atoms with Crippen molar-refractivity contribution in [3.63, 3.8) is 0 Å². The van der Waals surface area contributed by atoms with Gasteiger partial charge in [-0.1, -0.05) is 28.1 Å². The Morgan fingerprint density at radius 3 is 2.35 bits per heavy atom. The second-order valence-electron chi connectivity index (χ2n) is 4.45. The quantitative estimate of drug-likeness (QED) is 0.851.